The average Bonchev–Trinajstić information content (AvgIpc) is 2.73. The zero-order valence-corrected chi connectivity index (χ0v) is 16.6. The van der Waals surface area contributed by atoms with E-state index in [1.807, 2.05) is 18.2 Å². The van der Waals surface area contributed by atoms with Crippen molar-refractivity contribution in [2.45, 2.75) is 24.9 Å². The monoisotopic (exact) mass is 412 g/mol. The Morgan fingerprint density at radius 3 is 2.48 bits per heavy atom. The molecule has 0 radical (unpaired) electrons. The summed E-state index contributed by atoms with van der Waals surface area (Å²) in [4.78, 5) is 38.9. The van der Waals surface area contributed by atoms with Gasteiger partial charge in [-0.1, -0.05) is 23.7 Å². The highest BCUT2D eigenvalue weighted by atomic mass is 35.5. The van der Waals surface area contributed by atoms with Gasteiger partial charge in [0.2, 0.25) is 5.91 Å². The van der Waals surface area contributed by atoms with Crippen molar-refractivity contribution >= 4 is 29.2 Å². The lowest BCUT2D eigenvalue weighted by Crippen LogP contribution is -2.53. The van der Waals surface area contributed by atoms with Crippen molar-refractivity contribution in [2.24, 2.45) is 0 Å². The van der Waals surface area contributed by atoms with Crippen LogP contribution in [0.3, 0.4) is 0 Å². The van der Waals surface area contributed by atoms with E-state index >= 15 is 0 Å². The molecule has 1 spiro atoms. The van der Waals surface area contributed by atoms with Gasteiger partial charge in [0.15, 0.2) is 5.78 Å². The minimum atomic E-state index is -0.547. The van der Waals surface area contributed by atoms with Gasteiger partial charge in [0.05, 0.1) is 18.5 Å². The first-order valence-corrected chi connectivity index (χ1v) is 9.96. The SMILES string of the molecule is O=C(NCC(=O)N1CCC2(CC1)CC(=O)c1ccccc1O2)c1ccc(Cl)cc1. The molecule has 7 heteroatoms. The molecule has 0 bridgehead atoms. The topological polar surface area (TPSA) is 75.7 Å². The van der Waals surface area contributed by atoms with Crippen LogP contribution in [0.2, 0.25) is 5.02 Å². The summed E-state index contributed by atoms with van der Waals surface area (Å²) >= 11 is 5.82. The molecule has 2 amide bonds. The Bertz CT molecular complexity index is 950. The molecule has 2 aliphatic heterocycles. The second kappa shape index (κ2) is 7.87. The van der Waals surface area contributed by atoms with Crippen LogP contribution < -0.4 is 10.1 Å². The third-order valence-corrected chi connectivity index (χ3v) is 5.78. The molecule has 2 aromatic rings. The molecule has 0 unspecified atom stereocenters. The molecule has 2 heterocycles. The van der Waals surface area contributed by atoms with Crippen LogP contribution in [-0.2, 0) is 4.79 Å². The van der Waals surface area contributed by atoms with E-state index in [1.165, 1.54) is 0 Å². The first-order chi connectivity index (χ1) is 14.0. The molecule has 0 atom stereocenters. The van der Waals surface area contributed by atoms with Crippen LogP contribution in [0.4, 0.5) is 0 Å². The van der Waals surface area contributed by atoms with E-state index in [-0.39, 0.29) is 24.1 Å². The number of hydrogen-bond donors (Lipinski definition) is 1. The number of halogens is 1. The molecule has 4 rings (SSSR count). The van der Waals surface area contributed by atoms with E-state index < -0.39 is 5.60 Å². The minimum absolute atomic E-state index is 0.0723. The number of carbonyl (C=O) groups excluding carboxylic acids is 3. The highest BCUT2D eigenvalue weighted by molar-refractivity contribution is 6.30. The van der Waals surface area contributed by atoms with Gasteiger partial charge in [0.25, 0.3) is 5.91 Å². The standard InChI is InChI=1S/C22H21ClN2O4/c23-16-7-5-15(6-8-16)21(28)24-14-20(27)25-11-9-22(10-12-25)13-18(26)17-3-1-2-4-19(17)29-22/h1-8H,9-14H2,(H,24,28). The lowest BCUT2D eigenvalue weighted by atomic mass is 9.82. The normalized spacial score (nSPS) is 17.4. The number of fused-ring (bicyclic) bond motifs is 1. The number of rotatable bonds is 3. The maximum atomic E-state index is 12.5. The molecule has 1 saturated heterocycles. The van der Waals surface area contributed by atoms with Gasteiger partial charge in [-0.2, -0.15) is 0 Å². The van der Waals surface area contributed by atoms with Crippen LogP contribution in [0.1, 0.15) is 40.0 Å². The minimum Gasteiger partial charge on any atom is -0.486 e. The average molecular weight is 413 g/mol. The molecule has 29 heavy (non-hydrogen) atoms. The van der Waals surface area contributed by atoms with Gasteiger partial charge >= 0.3 is 0 Å². The molecule has 0 aliphatic carbocycles. The van der Waals surface area contributed by atoms with Gasteiger partial charge in [-0.05, 0) is 36.4 Å². The van der Waals surface area contributed by atoms with E-state index in [0.717, 1.165) is 0 Å². The first kappa shape index (κ1) is 19.5. The number of hydrogen-bond acceptors (Lipinski definition) is 4. The van der Waals surface area contributed by atoms with Gasteiger partial charge in [-0.3, -0.25) is 14.4 Å². The number of nitrogens with one attached hydrogen (secondary N) is 1. The fourth-order valence-corrected chi connectivity index (χ4v) is 3.98. The van der Waals surface area contributed by atoms with E-state index in [9.17, 15) is 14.4 Å². The zero-order chi connectivity index (χ0) is 20.4. The number of ether oxygens (including phenoxy) is 1. The number of likely N-dealkylation sites (tertiary alicyclic amines) is 1. The Labute approximate surface area is 173 Å². The van der Waals surface area contributed by atoms with Gasteiger partial charge < -0.3 is 15.0 Å². The summed E-state index contributed by atoms with van der Waals surface area (Å²) in [6, 6.07) is 13.8. The fourth-order valence-electron chi connectivity index (χ4n) is 3.86. The zero-order valence-electron chi connectivity index (χ0n) is 15.8. The summed E-state index contributed by atoms with van der Waals surface area (Å²) in [5.74, 6) is 0.242. The number of para-hydroxylation sites is 1. The predicted octanol–water partition coefficient (Wildman–Crippen LogP) is 3.10. The second-order valence-corrected chi connectivity index (χ2v) is 7.89. The number of carbonyl (C=O) groups is 3. The Hall–Kier alpha value is -2.86. The predicted molar refractivity (Wildman–Crippen MR) is 108 cm³/mol. The molecule has 6 nitrogen and oxygen atoms in total. The summed E-state index contributed by atoms with van der Waals surface area (Å²) < 4.78 is 6.19. The highest BCUT2D eigenvalue weighted by Gasteiger charge is 2.43. The quantitative estimate of drug-likeness (QED) is 0.840. The van der Waals surface area contributed by atoms with Crippen molar-refractivity contribution in [3.05, 3.63) is 64.7 Å². The maximum absolute atomic E-state index is 12.5. The Morgan fingerprint density at radius 1 is 1.07 bits per heavy atom. The molecule has 150 valence electrons. The van der Waals surface area contributed by atoms with Crippen molar-refractivity contribution in [3.63, 3.8) is 0 Å². The smallest absolute Gasteiger partial charge is 0.251 e. The van der Waals surface area contributed by atoms with Crippen molar-refractivity contribution in [2.75, 3.05) is 19.6 Å². The van der Waals surface area contributed by atoms with Crippen LogP contribution in [0.15, 0.2) is 48.5 Å². The fraction of sp³-hybridized carbons (Fsp3) is 0.318. The van der Waals surface area contributed by atoms with E-state index in [4.69, 9.17) is 16.3 Å². The third kappa shape index (κ3) is 4.12. The summed E-state index contributed by atoms with van der Waals surface area (Å²) in [5.41, 5.74) is 0.531. The summed E-state index contributed by atoms with van der Waals surface area (Å²) in [6.45, 7) is 0.910. The van der Waals surface area contributed by atoms with Crippen molar-refractivity contribution < 1.29 is 19.1 Å². The highest BCUT2D eigenvalue weighted by Crippen LogP contribution is 2.39. The number of Topliss-reactive ketones (excluding diaryl/α,β-unsaturated/α-hetero) is 1. The molecule has 0 saturated carbocycles. The summed E-state index contributed by atoms with van der Waals surface area (Å²) in [7, 11) is 0. The largest absolute Gasteiger partial charge is 0.486 e. The Balaban J connectivity index is 1.31. The van der Waals surface area contributed by atoms with Crippen molar-refractivity contribution in [1.82, 2.24) is 10.2 Å². The Kier molecular flexibility index (Phi) is 5.28. The first-order valence-electron chi connectivity index (χ1n) is 9.59. The van der Waals surface area contributed by atoms with E-state index in [2.05, 4.69) is 5.32 Å². The van der Waals surface area contributed by atoms with E-state index in [0.29, 0.717) is 54.3 Å². The number of amides is 2. The molecular weight excluding hydrogens is 392 g/mol. The van der Waals surface area contributed by atoms with Crippen LogP contribution in [0.25, 0.3) is 0 Å². The number of benzene rings is 2. The van der Waals surface area contributed by atoms with Crippen molar-refractivity contribution in [3.8, 4) is 5.75 Å². The van der Waals surface area contributed by atoms with Crippen molar-refractivity contribution in [1.29, 1.82) is 0 Å². The third-order valence-electron chi connectivity index (χ3n) is 5.53. The van der Waals surface area contributed by atoms with E-state index in [1.54, 1.807) is 35.2 Å². The molecule has 2 aromatic carbocycles. The van der Waals surface area contributed by atoms with Crippen LogP contribution in [-0.4, -0.2) is 47.7 Å². The van der Waals surface area contributed by atoms with Crippen LogP contribution >= 0.6 is 11.6 Å². The molecular formula is C22H21ClN2O4. The number of ketones is 1. The molecule has 1 fully saturated rings. The van der Waals surface area contributed by atoms with Gasteiger partial charge in [-0.15, -0.1) is 0 Å². The van der Waals surface area contributed by atoms with Gasteiger partial charge in [0, 0.05) is 36.5 Å². The van der Waals surface area contributed by atoms with Crippen LogP contribution in [0, 0.1) is 0 Å². The number of piperidine rings is 1. The summed E-state index contributed by atoms with van der Waals surface area (Å²) in [5, 5.41) is 3.20. The second-order valence-electron chi connectivity index (χ2n) is 7.45. The lowest BCUT2D eigenvalue weighted by molar-refractivity contribution is -0.133. The van der Waals surface area contributed by atoms with Crippen LogP contribution in [0.5, 0.6) is 5.75 Å². The van der Waals surface area contributed by atoms with Gasteiger partial charge in [0.1, 0.15) is 11.4 Å². The molecule has 2 aliphatic rings. The molecule has 1 N–H and O–H groups in total. The molecule has 0 aromatic heterocycles. The summed E-state index contributed by atoms with van der Waals surface area (Å²) in [6.07, 6.45) is 1.51. The maximum Gasteiger partial charge on any atom is 0.251 e. The van der Waals surface area contributed by atoms with Gasteiger partial charge in [-0.25, -0.2) is 0 Å². The lowest BCUT2D eigenvalue weighted by Gasteiger charge is -2.44. The number of nitrogens with zero attached hydrogens (tertiary/aromatic N) is 1. The Morgan fingerprint density at radius 2 is 1.76 bits per heavy atom.